The van der Waals surface area contributed by atoms with Crippen molar-refractivity contribution in [2.24, 2.45) is 0 Å². The van der Waals surface area contributed by atoms with Gasteiger partial charge in [-0.2, -0.15) is 5.10 Å². The molecular formula is C23H26N6O2. The molecule has 0 amide bonds. The van der Waals surface area contributed by atoms with Crippen LogP contribution < -0.4 is 14.8 Å². The highest BCUT2D eigenvalue weighted by Crippen LogP contribution is 2.33. The topological polar surface area (TPSA) is 87.0 Å². The van der Waals surface area contributed by atoms with E-state index >= 15 is 0 Å². The zero-order chi connectivity index (χ0) is 21.8. The number of aromatic nitrogens is 5. The van der Waals surface area contributed by atoms with Crippen LogP contribution in [0.4, 0.5) is 5.69 Å². The van der Waals surface area contributed by atoms with Gasteiger partial charge in [-0.05, 0) is 51.1 Å². The second-order valence-corrected chi connectivity index (χ2v) is 7.30. The zero-order valence-corrected chi connectivity index (χ0v) is 18.2. The quantitative estimate of drug-likeness (QED) is 0.451. The number of hydrogen-bond acceptors (Lipinski definition) is 7. The Labute approximate surface area is 181 Å². The van der Waals surface area contributed by atoms with Gasteiger partial charge in [-0.25, -0.2) is 9.97 Å². The highest BCUT2D eigenvalue weighted by molar-refractivity contribution is 5.91. The molecular weight excluding hydrogens is 392 g/mol. The number of pyridine rings is 3. The maximum absolute atomic E-state index is 5.72. The highest BCUT2D eigenvalue weighted by atomic mass is 16.5. The minimum Gasteiger partial charge on any atom is -0.495 e. The average molecular weight is 419 g/mol. The first kappa shape index (κ1) is 20.6. The van der Waals surface area contributed by atoms with Crippen LogP contribution in [0.2, 0.25) is 0 Å². The number of fused-ring (bicyclic) bond motifs is 1. The first-order valence-corrected chi connectivity index (χ1v) is 10.3. The molecule has 0 aromatic carbocycles. The molecule has 31 heavy (non-hydrogen) atoms. The Balaban J connectivity index is 1.76. The predicted octanol–water partition coefficient (Wildman–Crippen LogP) is 4.49. The summed E-state index contributed by atoms with van der Waals surface area (Å²) in [4.78, 5) is 13.7. The molecule has 4 aromatic rings. The summed E-state index contributed by atoms with van der Waals surface area (Å²) in [6.07, 6.45) is 5.23. The molecule has 0 unspecified atom stereocenters. The van der Waals surface area contributed by atoms with Crippen LogP contribution in [-0.4, -0.2) is 38.4 Å². The molecule has 0 bridgehead atoms. The number of anilines is 1. The van der Waals surface area contributed by atoms with Gasteiger partial charge in [0.1, 0.15) is 16.8 Å². The molecule has 0 aliphatic heterocycles. The monoisotopic (exact) mass is 418 g/mol. The number of rotatable bonds is 8. The van der Waals surface area contributed by atoms with Crippen LogP contribution in [0.5, 0.6) is 11.6 Å². The third-order valence-corrected chi connectivity index (χ3v) is 4.86. The third-order valence-electron chi connectivity index (χ3n) is 4.86. The lowest BCUT2D eigenvalue weighted by atomic mass is 10.1. The summed E-state index contributed by atoms with van der Waals surface area (Å²) in [5.74, 6) is 1.30. The van der Waals surface area contributed by atoms with E-state index in [1.807, 2.05) is 41.9 Å². The molecule has 8 heteroatoms. The van der Waals surface area contributed by atoms with E-state index in [2.05, 4.69) is 34.2 Å². The lowest BCUT2D eigenvalue weighted by Crippen LogP contribution is -2.08. The van der Waals surface area contributed by atoms with Gasteiger partial charge in [0, 0.05) is 12.2 Å². The summed E-state index contributed by atoms with van der Waals surface area (Å²) in [7, 11) is 1.63. The second kappa shape index (κ2) is 8.99. The maximum Gasteiger partial charge on any atom is 0.222 e. The molecule has 1 N–H and O–H groups in total. The first-order valence-electron chi connectivity index (χ1n) is 10.3. The van der Waals surface area contributed by atoms with Crippen LogP contribution in [0.25, 0.3) is 22.3 Å². The molecule has 0 spiro atoms. The molecule has 8 nitrogen and oxygen atoms in total. The van der Waals surface area contributed by atoms with Crippen molar-refractivity contribution in [3.05, 3.63) is 54.6 Å². The minimum absolute atomic E-state index is 0.196. The minimum atomic E-state index is 0.196. The van der Waals surface area contributed by atoms with E-state index in [0.717, 1.165) is 39.4 Å². The summed E-state index contributed by atoms with van der Waals surface area (Å²) in [5, 5.41) is 8.08. The SMILES string of the molecule is CCOc1ncccc1-c1cc(NCc2ccc(OC)cn2)c2c(cnn2C(C)C)n1. The standard InChI is InChI=1S/C23H26N6O2/c1-5-31-23-18(7-6-10-24-23)19-11-20(22-21(28-19)14-27-29(22)15(2)3)26-12-16-8-9-17(30-4)13-25-16/h6-11,13-15H,5,12H2,1-4H3,(H,26,28). The molecule has 0 atom stereocenters. The van der Waals surface area contributed by atoms with E-state index in [1.54, 1.807) is 25.7 Å². The van der Waals surface area contributed by atoms with Gasteiger partial charge in [0.2, 0.25) is 5.88 Å². The number of nitrogens with one attached hydrogen (secondary N) is 1. The fraction of sp³-hybridized carbons (Fsp3) is 0.304. The van der Waals surface area contributed by atoms with E-state index in [9.17, 15) is 0 Å². The molecule has 4 rings (SSSR count). The predicted molar refractivity (Wildman–Crippen MR) is 120 cm³/mol. The molecule has 0 saturated carbocycles. The molecule has 0 aliphatic carbocycles. The largest absolute Gasteiger partial charge is 0.495 e. The lowest BCUT2D eigenvalue weighted by Gasteiger charge is -2.15. The van der Waals surface area contributed by atoms with Gasteiger partial charge in [-0.15, -0.1) is 0 Å². The van der Waals surface area contributed by atoms with E-state index in [-0.39, 0.29) is 6.04 Å². The van der Waals surface area contributed by atoms with Crippen LogP contribution in [0.15, 0.2) is 48.9 Å². The van der Waals surface area contributed by atoms with Gasteiger partial charge in [0.15, 0.2) is 0 Å². The van der Waals surface area contributed by atoms with Crippen molar-refractivity contribution < 1.29 is 9.47 Å². The zero-order valence-electron chi connectivity index (χ0n) is 18.2. The average Bonchev–Trinajstić information content (AvgIpc) is 3.23. The lowest BCUT2D eigenvalue weighted by molar-refractivity contribution is 0.328. The first-order chi connectivity index (χ1) is 15.1. The summed E-state index contributed by atoms with van der Waals surface area (Å²) in [6, 6.07) is 9.91. The van der Waals surface area contributed by atoms with Crippen molar-refractivity contribution in [1.82, 2.24) is 24.7 Å². The summed E-state index contributed by atoms with van der Waals surface area (Å²) >= 11 is 0. The third kappa shape index (κ3) is 4.28. The summed E-state index contributed by atoms with van der Waals surface area (Å²) in [5.41, 5.74) is 5.21. The van der Waals surface area contributed by atoms with Crippen LogP contribution in [0.3, 0.4) is 0 Å². The summed E-state index contributed by atoms with van der Waals surface area (Å²) in [6.45, 7) is 7.23. The summed E-state index contributed by atoms with van der Waals surface area (Å²) < 4.78 is 12.9. The van der Waals surface area contributed by atoms with Gasteiger partial charge in [0.05, 0.1) is 55.3 Å². The van der Waals surface area contributed by atoms with Crippen LogP contribution in [-0.2, 0) is 6.54 Å². The second-order valence-electron chi connectivity index (χ2n) is 7.30. The van der Waals surface area contributed by atoms with Crippen LogP contribution >= 0.6 is 0 Å². The van der Waals surface area contributed by atoms with Crippen molar-refractivity contribution in [3.63, 3.8) is 0 Å². The van der Waals surface area contributed by atoms with E-state index in [4.69, 9.17) is 14.5 Å². The Kier molecular flexibility index (Phi) is 5.97. The van der Waals surface area contributed by atoms with Gasteiger partial charge in [-0.1, -0.05) is 0 Å². The fourth-order valence-corrected chi connectivity index (χ4v) is 3.39. The Hall–Kier alpha value is -3.68. The van der Waals surface area contributed by atoms with Crippen molar-refractivity contribution >= 4 is 16.7 Å². The fourth-order valence-electron chi connectivity index (χ4n) is 3.39. The number of methoxy groups -OCH3 is 1. The van der Waals surface area contributed by atoms with Crippen LogP contribution in [0.1, 0.15) is 32.5 Å². The van der Waals surface area contributed by atoms with E-state index in [1.165, 1.54) is 0 Å². The molecule has 160 valence electrons. The van der Waals surface area contributed by atoms with E-state index in [0.29, 0.717) is 19.0 Å². The molecule has 0 saturated heterocycles. The van der Waals surface area contributed by atoms with Crippen molar-refractivity contribution in [2.75, 3.05) is 19.0 Å². The Morgan fingerprint density at radius 3 is 2.71 bits per heavy atom. The Morgan fingerprint density at radius 2 is 2.00 bits per heavy atom. The van der Waals surface area contributed by atoms with Crippen molar-refractivity contribution in [3.8, 4) is 22.9 Å². The molecule has 0 radical (unpaired) electrons. The highest BCUT2D eigenvalue weighted by Gasteiger charge is 2.17. The number of nitrogens with zero attached hydrogens (tertiary/aromatic N) is 5. The number of hydrogen-bond donors (Lipinski definition) is 1. The normalized spacial score (nSPS) is 11.1. The van der Waals surface area contributed by atoms with Gasteiger partial charge >= 0.3 is 0 Å². The smallest absolute Gasteiger partial charge is 0.222 e. The van der Waals surface area contributed by atoms with Crippen molar-refractivity contribution in [2.45, 2.75) is 33.4 Å². The molecule has 0 aliphatic rings. The van der Waals surface area contributed by atoms with Crippen LogP contribution in [0, 0.1) is 0 Å². The molecule has 4 heterocycles. The van der Waals surface area contributed by atoms with Crippen molar-refractivity contribution in [1.29, 1.82) is 0 Å². The Morgan fingerprint density at radius 1 is 1.13 bits per heavy atom. The van der Waals surface area contributed by atoms with E-state index < -0.39 is 0 Å². The van der Waals surface area contributed by atoms with Gasteiger partial charge in [-0.3, -0.25) is 9.67 Å². The molecule has 4 aromatic heterocycles. The molecule has 0 fully saturated rings. The number of ether oxygens (including phenoxy) is 2. The van der Waals surface area contributed by atoms with Gasteiger partial charge < -0.3 is 14.8 Å². The Bertz CT molecular complexity index is 1170. The maximum atomic E-state index is 5.72. The van der Waals surface area contributed by atoms with Gasteiger partial charge in [0.25, 0.3) is 0 Å².